The number of ether oxygens (including phenoxy) is 2. The SMILES string of the molecule is COC(=O)C1CCN(C(=O)C(C)Oc2cccc(Cl)c2)C1. The van der Waals surface area contributed by atoms with Gasteiger partial charge in [-0.05, 0) is 31.5 Å². The van der Waals surface area contributed by atoms with Gasteiger partial charge in [-0.1, -0.05) is 17.7 Å². The lowest BCUT2D eigenvalue weighted by molar-refractivity contribution is -0.145. The highest BCUT2D eigenvalue weighted by molar-refractivity contribution is 6.30. The Kier molecular flexibility index (Phi) is 5.07. The molecule has 2 rings (SSSR count). The highest BCUT2D eigenvalue weighted by Crippen LogP contribution is 2.21. The van der Waals surface area contributed by atoms with E-state index in [0.29, 0.717) is 30.3 Å². The van der Waals surface area contributed by atoms with E-state index in [0.717, 1.165) is 0 Å². The summed E-state index contributed by atoms with van der Waals surface area (Å²) in [5.74, 6) is -0.0977. The fraction of sp³-hybridized carbons (Fsp3) is 0.467. The summed E-state index contributed by atoms with van der Waals surface area (Å²) in [6.07, 6.45) is 0.00215. The van der Waals surface area contributed by atoms with Crippen molar-refractivity contribution >= 4 is 23.5 Å². The molecule has 0 aromatic heterocycles. The maximum absolute atomic E-state index is 12.3. The molecule has 5 nitrogen and oxygen atoms in total. The second kappa shape index (κ2) is 6.80. The van der Waals surface area contributed by atoms with Crippen molar-refractivity contribution in [2.45, 2.75) is 19.4 Å². The molecule has 1 heterocycles. The molecule has 1 aromatic rings. The van der Waals surface area contributed by atoms with Gasteiger partial charge in [-0.3, -0.25) is 9.59 Å². The first-order chi connectivity index (χ1) is 10.0. The molecule has 2 atom stereocenters. The molecule has 0 aliphatic carbocycles. The van der Waals surface area contributed by atoms with Gasteiger partial charge in [0, 0.05) is 18.1 Å². The molecule has 0 bridgehead atoms. The maximum Gasteiger partial charge on any atom is 0.310 e. The standard InChI is InChI=1S/C15H18ClNO4/c1-10(21-13-5-3-4-12(16)8-13)14(18)17-7-6-11(9-17)15(19)20-2/h3-5,8,10-11H,6-7,9H2,1-2H3. The van der Waals surface area contributed by atoms with Gasteiger partial charge in [-0.15, -0.1) is 0 Å². The highest BCUT2D eigenvalue weighted by Gasteiger charge is 2.34. The molecule has 114 valence electrons. The lowest BCUT2D eigenvalue weighted by atomic mass is 10.1. The van der Waals surface area contributed by atoms with Gasteiger partial charge >= 0.3 is 5.97 Å². The van der Waals surface area contributed by atoms with Gasteiger partial charge in [0.2, 0.25) is 0 Å². The van der Waals surface area contributed by atoms with Crippen LogP contribution < -0.4 is 4.74 Å². The summed E-state index contributed by atoms with van der Waals surface area (Å²) in [7, 11) is 1.36. The summed E-state index contributed by atoms with van der Waals surface area (Å²) in [5, 5.41) is 0.555. The number of benzene rings is 1. The first-order valence-electron chi connectivity index (χ1n) is 6.80. The summed E-state index contributed by atoms with van der Waals surface area (Å²) in [4.78, 5) is 25.4. The zero-order valence-electron chi connectivity index (χ0n) is 12.0. The number of likely N-dealkylation sites (tertiary alicyclic amines) is 1. The van der Waals surface area contributed by atoms with Gasteiger partial charge in [0.15, 0.2) is 6.10 Å². The molecule has 0 saturated carbocycles. The molecule has 1 aliphatic heterocycles. The van der Waals surface area contributed by atoms with Crippen LogP contribution in [0.25, 0.3) is 0 Å². The number of rotatable bonds is 4. The van der Waals surface area contributed by atoms with Gasteiger partial charge in [-0.2, -0.15) is 0 Å². The van der Waals surface area contributed by atoms with E-state index in [9.17, 15) is 9.59 Å². The predicted octanol–water partition coefficient (Wildman–Crippen LogP) is 2.13. The number of esters is 1. The Morgan fingerprint density at radius 2 is 2.19 bits per heavy atom. The predicted molar refractivity (Wildman–Crippen MR) is 78.2 cm³/mol. The largest absolute Gasteiger partial charge is 0.481 e. The molecule has 1 amide bonds. The lowest BCUT2D eigenvalue weighted by Gasteiger charge is -2.21. The van der Waals surface area contributed by atoms with Crippen molar-refractivity contribution in [3.05, 3.63) is 29.3 Å². The van der Waals surface area contributed by atoms with E-state index in [1.807, 2.05) is 0 Å². The number of amides is 1. The quantitative estimate of drug-likeness (QED) is 0.799. The minimum absolute atomic E-state index is 0.138. The summed E-state index contributed by atoms with van der Waals surface area (Å²) in [5.41, 5.74) is 0. The number of carbonyl (C=O) groups excluding carboxylic acids is 2. The molecular formula is C15H18ClNO4. The van der Waals surface area contributed by atoms with Crippen LogP contribution in [0.2, 0.25) is 5.02 Å². The Balaban J connectivity index is 1.93. The van der Waals surface area contributed by atoms with Crippen molar-refractivity contribution in [1.82, 2.24) is 4.90 Å². The van der Waals surface area contributed by atoms with Crippen molar-refractivity contribution in [3.8, 4) is 5.75 Å². The Morgan fingerprint density at radius 1 is 1.43 bits per heavy atom. The van der Waals surface area contributed by atoms with Crippen LogP contribution in [0.15, 0.2) is 24.3 Å². The summed E-state index contributed by atoms with van der Waals surface area (Å²) in [6.45, 7) is 2.62. The topological polar surface area (TPSA) is 55.8 Å². The van der Waals surface area contributed by atoms with Gasteiger partial charge < -0.3 is 14.4 Å². The highest BCUT2D eigenvalue weighted by atomic mass is 35.5. The third-order valence-corrected chi connectivity index (χ3v) is 3.73. The molecule has 1 aromatic carbocycles. The van der Waals surface area contributed by atoms with Crippen molar-refractivity contribution in [3.63, 3.8) is 0 Å². The lowest BCUT2D eigenvalue weighted by Crippen LogP contribution is -2.39. The van der Waals surface area contributed by atoms with E-state index in [4.69, 9.17) is 21.1 Å². The molecule has 1 aliphatic rings. The molecule has 1 saturated heterocycles. The zero-order valence-corrected chi connectivity index (χ0v) is 12.8. The molecule has 21 heavy (non-hydrogen) atoms. The fourth-order valence-electron chi connectivity index (χ4n) is 2.37. The minimum Gasteiger partial charge on any atom is -0.481 e. The van der Waals surface area contributed by atoms with Crippen LogP contribution in [0.5, 0.6) is 5.75 Å². The Labute approximate surface area is 128 Å². The smallest absolute Gasteiger partial charge is 0.310 e. The first kappa shape index (κ1) is 15.6. The van der Waals surface area contributed by atoms with Crippen molar-refractivity contribution in [1.29, 1.82) is 0 Å². The molecule has 1 fully saturated rings. The van der Waals surface area contributed by atoms with E-state index >= 15 is 0 Å². The minimum atomic E-state index is -0.625. The monoisotopic (exact) mass is 311 g/mol. The molecule has 0 radical (unpaired) electrons. The Morgan fingerprint density at radius 3 is 2.86 bits per heavy atom. The van der Waals surface area contributed by atoms with E-state index in [1.54, 1.807) is 36.1 Å². The van der Waals surface area contributed by atoms with E-state index in [-0.39, 0.29) is 17.8 Å². The molecular weight excluding hydrogens is 294 g/mol. The third kappa shape index (κ3) is 3.88. The number of hydrogen-bond donors (Lipinski definition) is 0. The summed E-state index contributed by atoms with van der Waals surface area (Å²) < 4.78 is 10.3. The molecule has 0 spiro atoms. The van der Waals surface area contributed by atoms with Crippen LogP contribution in [0, 0.1) is 5.92 Å². The fourth-order valence-corrected chi connectivity index (χ4v) is 2.55. The zero-order chi connectivity index (χ0) is 15.4. The van der Waals surface area contributed by atoms with Crippen molar-refractivity contribution in [2.75, 3.05) is 20.2 Å². The van der Waals surface area contributed by atoms with Gasteiger partial charge in [0.05, 0.1) is 13.0 Å². The number of nitrogens with zero attached hydrogens (tertiary/aromatic N) is 1. The van der Waals surface area contributed by atoms with Gasteiger partial charge in [0.1, 0.15) is 5.75 Å². The van der Waals surface area contributed by atoms with Crippen molar-refractivity contribution in [2.24, 2.45) is 5.92 Å². The van der Waals surface area contributed by atoms with Crippen LogP contribution in [0.1, 0.15) is 13.3 Å². The van der Waals surface area contributed by atoms with Gasteiger partial charge in [0.25, 0.3) is 5.91 Å². The normalized spacial score (nSPS) is 19.2. The van der Waals surface area contributed by atoms with Crippen LogP contribution in [0.3, 0.4) is 0 Å². The maximum atomic E-state index is 12.3. The summed E-state index contributed by atoms with van der Waals surface area (Å²) in [6, 6.07) is 6.91. The second-order valence-corrected chi connectivity index (χ2v) is 5.45. The van der Waals surface area contributed by atoms with Crippen LogP contribution in [-0.4, -0.2) is 43.1 Å². The van der Waals surface area contributed by atoms with E-state index in [1.165, 1.54) is 7.11 Å². The van der Waals surface area contributed by atoms with Crippen LogP contribution >= 0.6 is 11.6 Å². The Hall–Kier alpha value is -1.75. The molecule has 6 heteroatoms. The first-order valence-corrected chi connectivity index (χ1v) is 7.18. The number of halogens is 1. The second-order valence-electron chi connectivity index (χ2n) is 5.01. The average Bonchev–Trinajstić information content (AvgIpc) is 2.95. The Bertz CT molecular complexity index is 534. The molecule has 0 N–H and O–H groups in total. The van der Waals surface area contributed by atoms with Crippen LogP contribution in [-0.2, 0) is 14.3 Å². The van der Waals surface area contributed by atoms with Crippen molar-refractivity contribution < 1.29 is 19.1 Å². The van der Waals surface area contributed by atoms with E-state index < -0.39 is 6.10 Å². The average molecular weight is 312 g/mol. The van der Waals surface area contributed by atoms with Gasteiger partial charge in [-0.25, -0.2) is 0 Å². The van der Waals surface area contributed by atoms with Crippen LogP contribution in [0.4, 0.5) is 0 Å². The summed E-state index contributed by atoms with van der Waals surface area (Å²) >= 11 is 5.88. The number of carbonyl (C=O) groups is 2. The number of hydrogen-bond acceptors (Lipinski definition) is 4. The number of methoxy groups -OCH3 is 1. The molecule has 2 unspecified atom stereocenters. The van der Waals surface area contributed by atoms with E-state index in [2.05, 4.69) is 0 Å². The third-order valence-electron chi connectivity index (χ3n) is 3.49.